The summed E-state index contributed by atoms with van der Waals surface area (Å²) in [5.74, 6) is 0.729. The molecule has 2 aliphatic heterocycles. The van der Waals surface area contributed by atoms with Crippen LogP contribution in [0.4, 0.5) is 5.69 Å². The van der Waals surface area contributed by atoms with Crippen molar-refractivity contribution in [3.05, 3.63) is 29.8 Å². The SMILES string of the molecule is Cc1ccccc1N1CCC(N2CCC(CN)C2)C1. The normalized spacial score (nSPS) is 28.2. The molecule has 0 saturated carbocycles. The van der Waals surface area contributed by atoms with Gasteiger partial charge in [-0.15, -0.1) is 0 Å². The van der Waals surface area contributed by atoms with Crippen LogP contribution in [0.5, 0.6) is 0 Å². The molecule has 0 spiro atoms. The van der Waals surface area contributed by atoms with E-state index in [1.54, 1.807) is 0 Å². The second-order valence-corrected chi connectivity index (χ2v) is 6.06. The van der Waals surface area contributed by atoms with Crippen LogP contribution in [0.1, 0.15) is 18.4 Å². The zero-order valence-corrected chi connectivity index (χ0v) is 11.9. The molecular weight excluding hydrogens is 234 g/mol. The van der Waals surface area contributed by atoms with Crippen LogP contribution in [0.2, 0.25) is 0 Å². The van der Waals surface area contributed by atoms with Gasteiger partial charge in [0.05, 0.1) is 0 Å². The second-order valence-electron chi connectivity index (χ2n) is 6.06. The first kappa shape index (κ1) is 12.9. The molecule has 0 amide bonds. The third-order valence-electron chi connectivity index (χ3n) is 4.79. The van der Waals surface area contributed by atoms with Crippen LogP contribution >= 0.6 is 0 Å². The van der Waals surface area contributed by atoms with Crippen LogP contribution in [0.3, 0.4) is 0 Å². The van der Waals surface area contributed by atoms with Gasteiger partial charge in [-0.1, -0.05) is 18.2 Å². The van der Waals surface area contributed by atoms with Gasteiger partial charge in [0.2, 0.25) is 0 Å². The number of para-hydroxylation sites is 1. The molecule has 2 unspecified atom stereocenters. The van der Waals surface area contributed by atoms with Crippen LogP contribution in [0, 0.1) is 12.8 Å². The van der Waals surface area contributed by atoms with E-state index in [1.807, 2.05) is 0 Å². The molecule has 19 heavy (non-hydrogen) atoms. The highest BCUT2D eigenvalue weighted by Gasteiger charge is 2.32. The molecule has 2 atom stereocenters. The monoisotopic (exact) mass is 259 g/mol. The quantitative estimate of drug-likeness (QED) is 0.899. The van der Waals surface area contributed by atoms with Gasteiger partial charge in [-0.3, -0.25) is 4.90 Å². The molecule has 2 fully saturated rings. The number of nitrogens with two attached hydrogens (primary N) is 1. The molecule has 0 aromatic heterocycles. The van der Waals surface area contributed by atoms with Crippen LogP contribution in [-0.4, -0.2) is 43.7 Å². The van der Waals surface area contributed by atoms with Crippen molar-refractivity contribution in [3.63, 3.8) is 0 Å². The van der Waals surface area contributed by atoms with Crippen molar-refractivity contribution in [2.24, 2.45) is 11.7 Å². The van der Waals surface area contributed by atoms with Crippen LogP contribution in [0.25, 0.3) is 0 Å². The highest BCUT2D eigenvalue weighted by molar-refractivity contribution is 5.53. The van der Waals surface area contributed by atoms with Gasteiger partial charge in [-0.2, -0.15) is 0 Å². The standard InChI is InChI=1S/C16H25N3/c1-13-4-2-3-5-16(13)19-9-7-15(12-19)18-8-6-14(10-17)11-18/h2-5,14-15H,6-12,17H2,1H3. The van der Waals surface area contributed by atoms with Gasteiger partial charge in [0.25, 0.3) is 0 Å². The molecule has 104 valence electrons. The maximum absolute atomic E-state index is 5.80. The Morgan fingerprint density at radius 1 is 1.16 bits per heavy atom. The fourth-order valence-electron chi connectivity index (χ4n) is 3.56. The minimum atomic E-state index is 0.729. The van der Waals surface area contributed by atoms with Gasteiger partial charge in [-0.25, -0.2) is 0 Å². The number of benzene rings is 1. The molecule has 0 bridgehead atoms. The number of hydrogen-bond donors (Lipinski definition) is 1. The van der Waals surface area contributed by atoms with Crippen molar-refractivity contribution in [3.8, 4) is 0 Å². The topological polar surface area (TPSA) is 32.5 Å². The Kier molecular flexibility index (Phi) is 3.76. The van der Waals surface area contributed by atoms with Crippen molar-refractivity contribution in [2.45, 2.75) is 25.8 Å². The zero-order chi connectivity index (χ0) is 13.2. The van der Waals surface area contributed by atoms with E-state index in [1.165, 1.54) is 50.3 Å². The summed E-state index contributed by atoms with van der Waals surface area (Å²) in [5.41, 5.74) is 8.61. The van der Waals surface area contributed by atoms with E-state index in [4.69, 9.17) is 5.73 Å². The van der Waals surface area contributed by atoms with E-state index in [0.29, 0.717) is 0 Å². The van der Waals surface area contributed by atoms with Crippen molar-refractivity contribution >= 4 is 5.69 Å². The molecule has 0 aliphatic carbocycles. The Bertz CT molecular complexity index is 432. The second kappa shape index (κ2) is 5.51. The Morgan fingerprint density at radius 3 is 2.74 bits per heavy atom. The third kappa shape index (κ3) is 2.63. The fourth-order valence-corrected chi connectivity index (χ4v) is 3.56. The van der Waals surface area contributed by atoms with Gasteiger partial charge in [0, 0.05) is 31.4 Å². The third-order valence-corrected chi connectivity index (χ3v) is 4.79. The number of hydrogen-bond acceptors (Lipinski definition) is 3. The molecule has 2 aliphatic rings. The first-order chi connectivity index (χ1) is 9.28. The smallest absolute Gasteiger partial charge is 0.0396 e. The predicted octanol–water partition coefficient (Wildman–Crippen LogP) is 1.85. The molecule has 2 saturated heterocycles. The lowest BCUT2D eigenvalue weighted by molar-refractivity contribution is 0.251. The molecule has 3 heteroatoms. The molecule has 3 nitrogen and oxygen atoms in total. The summed E-state index contributed by atoms with van der Waals surface area (Å²) in [6.45, 7) is 7.89. The number of aryl methyl sites for hydroxylation is 1. The summed E-state index contributed by atoms with van der Waals surface area (Å²) in [5, 5.41) is 0. The van der Waals surface area contributed by atoms with E-state index in [-0.39, 0.29) is 0 Å². The van der Waals surface area contributed by atoms with Gasteiger partial charge in [-0.05, 0) is 50.4 Å². The maximum Gasteiger partial charge on any atom is 0.0396 e. The highest BCUT2D eigenvalue weighted by atomic mass is 15.3. The minimum Gasteiger partial charge on any atom is -0.370 e. The van der Waals surface area contributed by atoms with Gasteiger partial charge in [0.1, 0.15) is 0 Å². The van der Waals surface area contributed by atoms with Crippen LogP contribution in [0.15, 0.2) is 24.3 Å². The Morgan fingerprint density at radius 2 is 2.00 bits per heavy atom. The number of anilines is 1. The van der Waals surface area contributed by atoms with E-state index >= 15 is 0 Å². The van der Waals surface area contributed by atoms with E-state index in [0.717, 1.165) is 18.5 Å². The fraction of sp³-hybridized carbons (Fsp3) is 0.625. The summed E-state index contributed by atoms with van der Waals surface area (Å²) in [7, 11) is 0. The minimum absolute atomic E-state index is 0.729. The van der Waals surface area contributed by atoms with E-state index in [2.05, 4.69) is 41.0 Å². The van der Waals surface area contributed by atoms with Crippen LogP contribution < -0.4 is 10.6 Å². The first-order valence-corrected chi connectivity index (χ1v) is 7.52. The Hall–Kier alpha value is -1.06. The van der Waals surface area contributed by atoms with Gasteiger partial charge < -0.3 is 10.6 Å². The average Bonchev–Trinajstić information content (AvgIpc) is 3.08. The highest BCUT2D eigenvalue weighted by Crippen LogP contribution is 2.28. The largest absolute Gasteiger partial charge is 0.370 e. The number of nitrogens with zero attached hydrogens (tertiary/aromatic N) is 2. The molecular formula is C16H25N3. The molecule has 0 radical (unpaired) electrons. The maximum atomic E-state index is 5.80. The summed E-state index contributed by atoms with van der Waals surface area (Å²) in [6.07, 6.45) is 2.59. The molecule has 2 N–H and O–H groups in total. The summed E-state index contributed by atoms with van der Waals surface area (Å²) < 4.78 is 0. The van der Waals surface area contributed by atoms with Gasteiger partial charge in [0.15, 0.2) is 0 Å². The van der Waals surface area contributed by atoms with Gasteiger partial charge >= 0.3 is 0 Å². The summed E-state index contributed by atoms with van der Waals surface area (Å²) in [4.78, 5) is 5.21. The van der Waals surface area contributed by atoms with E-state index in [9.17, 15) is 0 Å². The van der Waals surface area contributed by atoms with E-state index < -0.39 is 0 Å². The van der Waals surface area contributed by atoms with Crippen molar-refractivity contribution in [1.29, 1.82) is 0 Å². The van der Waals surface area contributed by atoms with Crippen molar-refractivity contribution < 1.29 is 0 Å². The number of likely N-dealkylation sites (tertiary alicyclic amines) is 1. The number of rotatable bonds is 3. The molecule has 1 aromatic carbocycles. The predicted molar refractivity (Wildman–Crippen MR) is 80.5 cm³/mol. The van der Waals surface area contributed by atoms with Crippen molar-refractivity contribution in [1.82, 2.24) is 4.90 Å². The average molecular weight is 259 g/mol. The lowest BCUT2D eigenvalue weighted by Crippen LogP contribution is -2.36. The Balaban J connectivity index is 1.63. The lowest BCUT2D eigenvalue weighted by atomic mass is 10.1. The summed E-state index contributed by atoms with van der Waals surface area (Å²) >= 11 is 0. The van der Waals surface area contributed by atoms with Crippen LogP contribution in [-0.2, 0) is 0 Å². The molecule has 2 heterocycles. The first-order valence-electron chi connectivity index (χ1n) is 7.52. The summed E-state index contributed by atoms with van der Waals surface area (Å²) in [6, 6.07) is 9.47. The lowest BCUT2D eigenvalue weighted by Gasteiger charge is -2.25. The zero-order valence-electron chi connectivity index (χ0n) is 11.9. The molecule has 3 rings (SSSR count). The Labute approximate surface area is 116 Å². The van der Waals surface area contributed by atoms with Crippen molar-refractivity contribution in [2.75, 3.05) is 37.6 Å². The molecule has 1 aromatic rings.